The van der Waals surface area contributed by atoms with E-state index < -0.39 is 0 Å². The fourth-order valence-corrected chi connectivity index (χ4v) is 3.37. The quantitative estimate of drug-likeness (QED) is 0.535. The van der Waals surface area contributed by atoms with Crippen LogP contribution < -0.4 is 0 Å². The monoisotopic (exact) mass is 221 g/mol. The van der Waals surface area contributed by atoms with Gasteiger partial charge in [0.2, 0.25) is 0 Å². The molecule has 0 amide bonds. The van der Waals surface area contributed by atoms with Gasteiger partial charge in [0.25, 0.3) is 0 Å². The number of rotatable bonds is 1. The van der Waals surface area contributed by atoms with E-state index in [-0.39, 0.29) is 0 Å². The summed E-state index contributed by atoms with van der Waals surface area (Å²) in [5.74, 6) is 1.18. The van der Waals surface area contributed by atoms with Crippen molar-refractivity contribution >= 4 is 40.9 Å². The summed E-state index contributed by atoms with van der Waals surface area (Å²) < 4.78 is 0.758. The summed E-state index contributed by atoms with van der Waals surface area (Å²) in [5, 5.41) is 0.689. The van der Waals surface area contributed by atoms with Gasteiger partial charge in [-0.2, -0.15) is 11.8 Å². The van der Waals surface area contributed by atoms with E-state index in [2.05, 4.69) is 31.4 Å². The van der Waals surface area contributed by atoms with E-state index in [1.54, 1.807) is 0 Å². The van der Waals surface area contributed by atoms with Gasteiger partial charge in [-0.25, -0.2) is 0 Å². The average Bonchev–Trinajstić information content (AvgIpc) is 2.03. The van der Waals surface area contributed by atoms with Gasteiger partial charge >= 0.3 is 0 Å². The lowest BCUT2D eigenvalue weighted by Gasteiger charge is -2.39. The van der Waals surface area contributed by atoms with Crippen molar-refractivity contribution in [2.75, 3.05) is 12.3 Å². The molecule has 0 aliphatic carbocycles. The first kappa shape index (κ1) is 10.7. The SMILES string of the molecule is CCC1[C@H](C)SCCN1C(=S)S. The first-order valence-corrected chi connectivity index (χ1v) is 6.18. The van der Waals surface area contributed by atoms with Crippen LogP contribution in [0.25, 0.3) is 0 Å². The summed E-state index contributed by atoms with van der Waals surface area (Å²) in [7, 11) is 0. The van der Waals surface area contributed by atoms with Gasteiger partial charge < -0.3 is 4.90 Å². The lowest BCUT2D eigenvalue weighted by molar-refractivity contribution is 0.315. The van der Waals surface area contributed by atoms with E-state index in [1.807, 2.05) is 11.8 Å². The standard InChI is InChI=1S/C8H15NS3/c1-3-7-6(2)12-5-4-9(7)8(10)11/h6-7H,3-5H2,1-2H3,(H,10,11)/t6-,7?/m0/s1. The topological polar surface area (TPSA) is 3.24 Å². The third kappa shape index (κ3) is 2.30. The zero-order valence-corrected chi connectivity index (χ0v) is 10.0. The van der Waals surface area contributed by atoms with E-state index >= 15 is 0 Å². The predicted octanol–water partition coefficient (Wildman–Crippen LogP) is 2.42. The highest BCUT2D eigenvalue weighted by Crippen LogP contribution is 2.27. The van der Waals surface area contributed by atoms with Crippen LogP contribution in [0.5, 0.6) is 0 Å². The molecule has 0 bridgehead atoms. The van der Waals surface area contributed by atoms with Gasteiger partial charge in [0.1, 0.15) is 4.32 Å². The van der Waals surface area contributed by atoms with Crippen LogP contribution in [-0.2, 0) is 0 Å². The lowest BCUT2D eigenvalue weighted by Crippen LogP contribution is -2.47. The molecular weight excluding hydrogens is 206 g/mol. The van der Waals surface area contributed by atoms with Crippen LogP contribution in [0.2, 0.25) is 0 Å². The van der Waals surface area contributed by atoms with E-state index in [0.29, 0.717) is 11.3 Å². The number of nitrogens with zero attached hydrogens (tertiary/aromatic N) is 1. The third-order valence-corrected chi connectivity index (χ3v) is 4.07. The molecule has 0 N–H and O–H groups in total. The number of hydrogen-bond acceptors (Lipinski definition) is 2. The van der Waals surface area contributed by atoms with Gasteiger partial charge in [0.05, 0.1) is 0 Å². The molecule has 1 heterocycles. The molecule has 0 spiro atoms. The van der Waals surface area contributed by atoms with E-state index in [0.717, 1.165) is 17.3 Å². The summed E-state index contributed by atoms with van der Waals surface area (Å²) >= 11 is 11.4. The van der Waals surface area contributed by atoms with E-state index in [1.165, 1.54) is 5.75 Å². The Balaban J connectivity index is 2.64. The van der Waals surface area contributed by atoms with E-state index in [9.17, 15) is 0 Å². The van der Waals surface area contributed by atoms with Gasteiger partial charge in [-0.05, 0) is 6.42 Å². The van der Waals surface area contributed by atoms with Crippen molar-refractivity contribution in [2.24, 2.45) is 0 Å². The van der Waals surface area contributed by atoms with Crippen LogP contribution in [-0.4, -0.2) is 32.8 Å². The van der Waals surface area contributed by atoms with Crippen molar-refractivity contribution < 1.29 is 0 Å². The molecule has 0 aromatic carbocycles. The highest BCUT2D eigenvalue weighted by atomic mass is 32.2. The molecule has 1 nitrogen and oxygen atoms in total. The summed E-state index contributed by atoms with van der Waals surface area (Å²) in [6.45, 7) is 5.55. The second kappa shape index (κ2) is 4.72. The second-order valence-electron chi connectivity index (χ2n) is 3.03. The molecular formula is C8H15NS3. The normalized spacial score (nSPS) is 30.4. The summed E-state index contributed by atoms with van der Waals surface area (Å²) in [6.07, 6.45) is 1.16. The fraction of sp³-hybridized carbons (Fsp3) is 0.875. The number of hydrogen-bond donors (Lipinski definition) is 1. The lowest BCUT2D eigenvalue weighted by atomic mass is 10.1. The molecule has 0 aromatic rings. The van der Waals surface area contributed by atoms with Crippen molar-refractivity contribution in [3.8, 4) is 0 Å². The summed E-state index contributed by atoms with van der Waals surface area (Å²) in [5.41, 5.74) is 0. The number of thioether (sulfide) groups is 1. The van der Waals surface area contributed by atoms with Crippen molar-refractivity contribution in [2.45, 2.75) is 31.6 Å². The Kier molecular flexibility index (Phi) is 4.20. The molecule has 0 radical (unpaired) electrons. The van der Waals surface area contributed by atoms with Crippen LogP contribution in [0.4, 0.5) is 0 Å². The molecule has 1 aliphatic rings. The van der Waals surface area contributed by atoms with Crippen molar-refractivity contribution in [3.05, 3.63) is 0 Å². The van der Waals surface area contributed by atoms with Crippen LogP contribution in [0.3, 0.4) is 0 Å². The van der Waals surface area contributed by atoms with Gasteiger partial charge in [-0.3, -0.25) is 0 Å². The molecule has 4 heteroatoms. The zero-order chi connectivity index (χ0) is 9.14. The third-order valence-electron chi connectivity index (χ3n) is 2.32. The maximum absolute atomic E-state index is 5.09. The summed E-state index contributed by atoms with van der Waals surface area (Å²) in [6, 6.07) is 0.591. The molecule has 0 aromatic heterocycles. The second-order valence-corrected chi connectivity index (χ2v) is 5.63. The molecule has 1 aliphatic heterocycles. The Bertz CT molecular complexity index is 172. The van der Waals surface area contributed by atoms with Crippen molar-refractivity contribution in [1.29, 1.82) is 0 Å². The predicted molar refractivity (Wildman–Crippen MR) is 64.3 cm³/mol. The van der Waals surface area contributed by atoms with Gasteiger partial charge in [-0.15, -0.1) is 12.6 Å². The van der Waals surface area contributed by atoms with Gasteiger partial charge in [0.15, 0.2) is 0 Å². The molecule has 1 saturated heterocycles. The summed E-state index contributed by atoms with van der Waals surface area (Å²) in [4.78, 5) is 2.25. The minimum atomic E-state index is 0.591. The Morgan fingerprint density at radius 1 is 1.75 bits per heavy atom. The van der Waals surface area contributed by atoms with Crippen LogP contribution in [0.1, 0.15) is 20.3 Å². The van der Waals surface area contributed by atoms with Crippen LogP contribution >= 0.6 is 36.6 Å². The maximum atomic E-state index is 5.09. The smallest absolute Gasteiger partial charge is 0.133 e. The molecule has 1 fully saturated rings. The Labute approximate surface area is 89.7 Å². The highest BCUT2D eigenvalue weighted by molar-refractivity contribution is 8.11. The average molecular weight is 221 g/mol. The number of thiocarbonyl (C=S) groups is 1. The van der Waals surface area contributed by atoms with Crippen molar-refractivity contribution in [1.82, 2.24) is 4.90 Å². The minimum absolute atomic E-state index is 0.591. The molecule has 70 valence electrons. The van der Waals surface area contributed by atoms with Gasteiger partial charge in [0, 0.05) is 23.6 Å². The first-order valence-electron chi connectivity index (χ1n) is 4.28. The largest absolute Gasteiger partial charge is 0.353 e. The highest BCUT2D eigenvalue weighted by Gasteiger charge is 2.27. The fourth-order valence-electron chi connectivity index (χ4n) is 1.66. The molecule has 1 rings (SSSR count). The van der Waals surface area contributed by atoms with Crippen molar-refractivity contribution in [3.63, 3.8) is 0 Å². The molecule has 0 saturated carbocycles. The maximum Gasteiger partial charge on any atom is 0.133 e. The van der Waals surface area contributed by atoms with Crippen LogP contribution in [0.15, 0.2) is 0 Å². The van der Waals surface area contributed by atoms with Gasteiger partial charge in [-0.1, -0.05) is 26.1 Å². The minimum Gasteiger partial charge on any atom is -0.353 e. The Morgan fingerprint density at radius 3 is 2.83 bits per heavy atom. The molecule has 2 atom stereocenters. The van der Waals surface area contributed by atoms with Crippen LogP contribution in [0, 0.1) is 0 Å². The van der Waals surface area contributed by atoms with E-state index in [4.69, 9.17) is 12.2 Å². The molecule has 1 unspecified atom stereocenters. The zero-order valence-electron chi connectivity index (χ0n) is 7.49. The first-order chi connectivity index (χ1) is 5.66. The Morgan fingerprint density at radius 2 is 2.42 bits per heavy atom. The number of thiol groups is 1. The molecule has 12 heavy (non-hydrogen) atoms. The Hall–Kier alpha value is 0.590.